The Labute approximate surface area is 127 Å². The molecule has 0 saturated carbocycles. The first-order chi connectivity index (χ1) is 10.7. The van der Waals surface area contributed by atoms with Crippen LogP contribution in [0.2, 0.25) is 0 Å². The molecule has 1 aliphatic rings. The molecule has 0 spiro atoms. The quantitative estimate of drug-likeness (QED) is 0.625. The maximum absolute atomic E-state index is 12.0. The molecule has 0 radical (unpaired) electrons. The normalized spacial score (nSPS) is 12.0. The van der Waals surface area contributed by atoms with Crippen LogP contribution in [0.25, 0.3) is 0 Å². The van der Waals surface area contributed by atoms with E-state index in [-0.39, 0.29) is 12.1 Å². The second-order valence-corrected chi connectivity index (χ2v) is 4.26. The number of ether oxygens (including phenoxy) is 4. The summed E-state index contributed by atoms with van der Waals surface area (Å²) in [5.74, 6) is 2.30. The summed E-state index contributed by atoms with van der Waals surface area (Å²) in [5.41, 5.74) is 0.200. The highest BCUT2D eigenvalue weighted by atomic mass is 16.6. The Morgan fingerprint density at radius 1 is 1.36 bits per heavy atom. The number of hydrogen-bond donors (Lipinski definition) is 1. The van der Waals surface area contributed by atoms with Gasteiger partial charge < -0.3 is 24.3 Å². The summed E-state index contributed by atoms with van der Waals surface area (Å²) in [6.45, 7) is 0.442. The van der Waals surface area contributed by atoms with Crippen LogP contribution in [0, 0.1) is 12.3 Å². The molecule has 0 saturated heterocycles. The molecule has 2 rings (SSSR count). The van der Waals surface area contributed by atoms with E-state index in [2.05, 4.69) is 11.2 Å². The average Bonchev–Trinajstić information content (AvgIpc) is 2.56. The van der Waals surface area contributed by atoms with Gasteiger partial charge in [-0.15, -0.1) is 6.42 Å². The number of benzene rings is 1. The number of rotatable bonds is 5. The minimum Gasteiger partial charge on any atom is -0.493 e. The third kappa shape index (κ3) is 3.61. The number of carbonyl (C=O) groups is 2. The lowest BCUT2D eigenvalue weighted by atomic mass is 10.1. The Balaban J connectivity index is 2.07. The molecule has 22 heavy (non-hydrogen) atoms. The van der Waals surface area contributed by atoms with Crippen molar-refractivity contribution in [2.45, 2.75) is 0 Å². The molecule has 0 bridgehead atoms. The van der Waals surface area contributed by atoms with Crippen molar-refractivity contribution < 1.29 is 28.5 Å². The van der Waals surface area contributed by atoms with Gasteiger partial charge in [0.05, 0.1) is 19.2 Å². The lowest BCUT2D eigenvalue weighted by molar-refractivity contribution is -0.123. The van der Waals surface area contributed by atoms with Crippen LogP contribution in [-0.2, 0) is 9.53 Å². The third-order valence-corrected chi connectivity index (χ3v) is 2.79. The van der Waals surface area contributed by atoms with Gasteiger partial charge in [0.15, 0.2) is 18.1 Å². The van der Waals surface area contributed by atoms with Gasteiger partial charge >= 0.3 is 5.97 Å². The van der Waals surface area contributed by atoms with Crippen LogP contribution in [0.15, 0.2) is 12.1 Å². The molecule has 1 aromatic rings. The van der Waals surface area contributed by atoms with Crippen molar-refractivity contribution in [1.82, 2.24) is 5.32 Å². The van der Waals surface area contributed by atoms with Gasteiger partial charge in [-0.1, -0.05) is 5.92 Å². The van der Waals surface area contributed by atoms with E-state index in [1.54, 1.807) is 0 Å². The van der Waals surface area contributed by atoms with Crippen LogP contribution >= 0.6 is 0 Å². The summed E-state index contributed by atoms with van der Waals surface area (Å²) in [6.07, 6.45) is 5.01. The number of amides is 1. The maximum atomic E-state index is 12.0. The summed E-state index contributed by atoms with van der Waals surface area (Å²) in [5, 5.41) is 2.39. The monoisotopic (exact) mass is 305 g/mol. The fourth-order valence-corrected chi connectivity index (χ4v) is 1.81. The van der Waals surface area contributed by atoms with Crippen molar-refractivity contribution in [2.24, 2.45) is 0 Å². The SMILES string of the molecule is C#CCNC(=O)COC(=O)c1cc(OC)c2c(c1)OCCO2. The van der Waals surface area contributed by atoms with Crippen molar-refractivity contribution in [3.63, 3.8) is 0 Å². The van der Waals surface area contributed by atoms with E-state index < -0.39 is 18.5 Å². The smallest absolute Gasteiger partial charge is 0.338 e. The Morgan fingerprint density at radius 3 is 2.86 bits per heavy atom. The van der Waals surface area contributed by atoms with E-state index in [9.17, 15) is 9.59 Å². The summed E-state index contributed by atoms with van der Waals surface area (Å²) in [4.78, 5) is 23.3. The van der Waals surface area contributed by atoms with E-state index in [0.717, 1.165) is 0 Å². The van der Waals surface area contributed by atoms with Gasteiger partial charge in [-0.3, -0.25) is 4.79 Å². The topological polar surface area (TPSA) is 83.1 Å². The average molecular weight is 305 g/mol. The second kappa shape index (κ2) is 7.22. The maximum Gasteiger partial charge on any atom is 0.338 e. The van der Waals surface area contributed by atoms with Crippen LogP contribution < -0.4 is 19.5 Å². The van der Waals surface area contributed by atoms with E-state index in [0.29, 0.717) is 30.5 Å². The first-order valence-corrected chi connectivity index (χ1v) is 6.50. The minimum absolute atomic E-state index is 0.0776. The lowest BCUT2D eigenvalue weighted by Crippen LogP contribution is -2.29. The molecule has 0 unspecified atom stereocenters. The number of hydrogen-bond acceptors (Lipinski definition) is 6. The molecule has 0 atom stereocenters. The van der Waals surface area contributed by atoms with Gasteiger partial charge in [-0.25, -0.2) is 4.79 Å². The molecule has 0 fully saturated rings. The molecule has 1 N–H and O–H groups in total. The molecule has 1 aliphatic heterocycles. The lowest BCUT2D eigenvalue weighted by Gasteiger charge is -2.21. The zero-order valence-electron chi connectivity index (χ0n) is 12.0. The zero-order chi connectivity index (χ0) is 15.9. The Morgan fingerprint density at radius 2 is 2.14 bits per heavy atom. The van der Waals surface area contributed by atoms with Crippen molar-refractivity contribution in [3.8, 4) is 29.6 Å². The number of carbonyl (C=O) groups excluding carboxylic acids is 2. The van der Waals surface area contributed by atoms with Crippen molar-refractivity contribution in [1.29, 1.82) is 0 Å². The molecule has 7 nitrogen and oxygen atoms in total. The highest BCUT2D eigenvalue weighted by molar-refractivity contribution is 5.92. The largest absolute Gasteiger partial charge is 0.493 e. The van der Waals surface area contributed by atoms with Crippen LogP contribution in [-0.4, -0.2) is 45.4 Å². The number of esters is 1. The van der Waals surface area contributed by atoms with E-state index >= 15 is 0 Å². The van der Waals surface area contributed by atoms with Crippen molar-refractivity contribution in [2.75, 3.05) is 33.5 Å². The standard InChI is InChI=1S/C15H15NO6/c1-3-4-16-13(17)9-22-15(18)10-7-11(19-2)14-12(8-10)20-5-6-21-14/h1,7-8H,4-6,9H2,2H3,(H,16,17). The van der Waals surface area contributed by atoms with Crippen LogP contribution in [0.3, 0.4) is 0 Å². The fourth-order valence-electron chi connectivity index (χ4n) is 1.81. The minimum atomic E-state index is -0.675. The highest BCUT2D eigenvalue weighted by Gasteiger charge is 2.21. The van der Waals surface area contributed by atoms with Crippen LogP contribution in [0.5, 0.6) is 17.2 Å². The number of fused-ring (bicyclic) bond motifs is 1. The van der Waals surface area contributed by atoms with Gasteiger partial charge in [0, 0.05) is 0 Å². The molecule has 0 aromatic heterocycles. The molecule has 1 aromatic carbocycles. The van der Waals surface area contributed by atoms with Gasteiger partial charge in [-0.05, 0) is 12.1 Å². The van der Waals surface area contributed by atoms with Crippen LogP contribution in [0.1, 0.15) is 10.4 Å². The van der Waals surface area contributed by atoms with Crippen molar-refractivity contribution >= 4 is 11.9 Å². The predicted molar refractivity (Wildman–Crippen MR) is 76.1 cm³/mol. The van der Waals surface area contributed by atoms with E-state index in [1.165, 1.54) is 19.2 Å². The van der Waals surface area contributed by atoms with Gasteiger partial charge in [0.1, 0.15) is 13.2 Å². The molecule has 7 heteroatoms. The highest BCUT2D eigenvalue weighted by Crippen LogP contribution is 2.40. The van der Waals surface area contributed by atoms with Gasteiger partial charge in [0.25, 0.3) is 5.91 Å². The predicted octanol–water partition coefficient (Wildman–Crippen LogP) is 0.373. The number of nitrogens with one attached hydrogen (secondary N) is 1. The Kier molecular flexibility index (Phi) is 5.09. The number of terminal acetylenes is 1. The van der Waals surface area contributed by atoms with Crippen molar-refractivity contribution in [3.05, 3.63) is 17.7 Å². The first kappa shape index (κ1) is 15.5. The first-order valence-electron chi connectivity index (χ1n) is 6.50. The van der Waals surface area contributed by atoms with E-state index in [1.807, 2.05) is 0 Å². The van der Waals surface area contributed by atoms with E-state index in [4.69, 9.17) is 25.4 Å². The second-order valence-electron chi connectivity index (χ2n) is 4.26. The van der Waals surface area contributed by atoms with Gasteiger partial charge in [-0.2, -0.15) is 0 Å². The Bertz CT molecular complexity index is 602. The molecular formula is C15H15NO6. The fraction of sp³-hybridized carbons (Fsp3) is 0.333. The zero-order valence-corrected chi connectivity index (χ0v) is 12.0. The molecule has 116 valence electrons. The third-order valence-electron chi connectivity index (χ3n) is 2.79. The summed E-state index contributed by atoms with van der Waals surface area (Å²) in [6, 6.07) is 2.95. The molecule has 0 aliphatic carbocycles. The Hall–Kier alpha value is -2.88. The summed E-state index contributed by atoms with van der Waals surface area (Å²) >= 11 is 0. The molecule has 1 amide bonds. The van der Waals surface area contributed by atoms with Crippen LogP contribution in [0.4, 0.5) is 0 Å². The van der Waals surface area contributed by atoms with Gasteiger partial charge in [0.2, 0.25) is 5.75 Å². The molecular weight excluding hydrogens is 290 g/mol. The molecule has 1 heterocycles. The summed E-state index contributed by atoms with van der Waals surface area (Å²) in [7, 11) is 1.45. The summed E-state index contributed by atoms with van der Waals surface area (Å²) < 4.78 is 20.9. The number of methoxy groups -OCH3 is 1.